The molecule has 0 aliphatic rings. The van der Waals surface area contributed by atoms with Crippen molar-refractivity contribution in [2.45, 2.75) is 47.1 Å². The Labute approximate surface area is 90.1 Å². The molecule has 0 bridgehead atoms. The van der Waals surface area contributed by atoms with Gasteiger partial charge >= 0.3 is 0 Å². The van der Waals surface area contributed by atoms with Crippen molar-refractivity contribution in [1.29, 1.82) is 0 Å². The molecule has 0 fully saturated rings. The Hall–Kier alpha value is -0.0800. The molecule has 0 aromatic heterocycles. The van der Waals surface area contributed by atoms with Crippen LogP contribution in [0, 0.1) is 5.41 Å². The fourth-order valence-corrected chi connectivity index (χ4v) is 1.86. The summed E-state index contributed by atoms with van der Waals surface area (Å²) in [4.78, 5) is 2.48. The van der Waals surface area contributed by atoms with Gasteiger partial charge in [0.05, 0.1) is 0 Å². The van der Waals surface area contributed by atoms with Crippen LogP contribution in [0.25, 0.3) is 0 Å². The largest absolute Gasteiger partial charge is 0.316 e. The molecular formula is C12H28N2. The molecule has 14 heavy (non-hydrogen) atoms. The number of rotatable bonds is 6. The molecule has 1 unspecified atom stereocenters. The molecule has 0 spiro atoms. The number of hydrogen-bond donors (Lipinski definition) is 1. The molecule has 0 saturated carbocycles. The van der Waals surface area contributed by atoms with E-state index in [2.05, 4.69) is 51.9 Å². The number of nitrogens with one attached hydrogen (secondary N) is 1. The summed E-state index contributed by atoms with van der Waals surface area (Å²) in [5.41, 5.74) is 0.363. The number of hydrogen-bond acceptors (Lipinski definition) is 2. The lowest BCUT2D eigenvalue weighted by Crippen LogP contribution is -2.41. The van der Waals surface area contributed by atoms with Gasteiger partial charge in [-0.15, -0.1) is 0 Å². The fraction of sp³-hybridized carbons (Fsp3) is 1.00. The molecule has 0 rings (SSSR count). The summed E-state index contributed by atoms with van der Waals surface area (Å²) in [6.07, 6.45) is 1.24. The van der Waals surface area contributed by atoms with Gasteiger partial charge in [0.25, 0.3) is 0 Å². The Kier molecular flexibility index (Phi) is 6.38. The molecule has 1 N–H and O–H groups in total. The third kappa shape index (κ3) is 4.97. The summed E-state index contributed by atoms with van der Waals surface area (Å²) in [5.74, 6) is 0. The van der Waals surface area contributed by atoms with Crippen molar-refractivity contribution in [3.8, 4) is 0 Å². The minimum Gasteiger partial charge on any atom is -0.316 e. The summed E-state index contributed by atoms with van der Waals surface area (Å²) < 4.78 is 0. The molecule has 0 radical (unpaired) electrons. The summed E-state index contributed by atoms with van der Waals surface area (Å²) in [5, 5.41) is 3.42. The highest BCUT2D eigenvalue weighted by molar-refractivity contribution is 4.79. The summed E-state index contributed by atoms with van der Waals surface area (Å²) in [7, 11) is 2.07. The van der Waals surface area contributed by atoms with Crippen LogP contribution in [-0.2, 0) is 0 Å². The lowest BCUT2D eigenvalue weighted by molar-refractivity contribution is 0.220. The van der Waals surface area contributed by atoms with E-state index in [0.717, 1.165) is 13.1 Å². The van der Waals surface area contributed by atoms with Crippen LogP contribution < -0.4 is 5.32 Å². The first-order valence-electron chi connectivity index (χ1n) is 5.85. The molecular weight excluding hydrogens is 172 g/mol. The molecule has 86 valence electrons. The Morgan fingerprint density at radius 3 is 1.93 bits per heavy atom. The highest BCUT2D eigenvalue weighted by Crippen LogP contribution is 2.21. The second-order valence-corrected chi connectivity index (χ2v) is 5.02. The zero-order chi connectivity index (χ0) is 11.2. The van der Waals surface area contributed by atoms with Gasteiger partial charge in [0.1, 0.15) is 0 Å². The lowest BCUT2D eigenvalue weighted by atomic mass is 9.85. The Balaban J connectivity index is 3.95. The predicted octanol–water partition coefficient (Wildman–Crippen LogP) is 2.35. The normalized spacial score (nSPS) is 14.8. The Morgan fingerprint density at radius 1 is 1.14 bits per heavy atom. The van der Waals surface area contributed by atoms with Crippen molar-refractivity contribution in [3.63, 3.8) is 0 Å². The van der Waals surface area contributed by atoms with E-state index in [0.29, 0.717) is 11.5 Å². The maximum absolute atomic E-state index is 3.42. The average Bonchev–Trinajstić information content (AvgIpc) is 2.10. The first kappa shape index (κ1) is 13.9. The van der Waals surface area contributed by atoms with Crippen LogP contribution in [0.3, 0.4) is 0 Å². The van der Waals surface area contributed by atoms with E-state index in [-0.39, 0.29) is 0 Å². The maximum atomic E-state index is 3.42. The average molecular weight is 200 g/mol. The molecule has 0 heterocycles. The van der Waals surface area contributed by atoms with Gasteiger partial charge in [-0.2, -0.15) is 0 Å². The third-order valence-corrected chi connectivity index (χ3v) is 3.02. The van der Waals surface area contributed by atoms with E-state index < -0.39 is 0 Å². The van der Waals surface area contributed by atoms with E-state index in [1.807, 2.05) is 0 Å². The van der Waals surface area contributed by atoms with Crippen LogP contribution in [0.4, 0.5) is 0 Å². The molecule has 0 aromatic carbocycles. The van der Waals surface area contributed by atoms with E-state index in [4.69, 9.17) is 0 Å². The van der Waals surface area contributed by atoms with Gasteiger partial charge in [-0.1, -0.05) is 34.6 Å². The van der Waals surface area contributed by atoms with Gasteiger partial charge in [-0.05, 0) is 38.5 Å². The standard InChI is InChI=1S/C12H28N2/c1-7-14(8-2)10-9-11(13-6)12(3,4)5/h11,13H,7-10H2,1-6H3. The van der Waals surface area contributed by atoms with Crippen molar-refractivity contribution < 1.29 is 0 Å². The summed E-state index contributed by atoms with van der Waals surface area (Å²) in [6, 6.07) is 0.614. The first-order valence-corrected chi connectivity index (χ1v) is 5.85. The van der Waals surface area contributed by atoms with Crippen LogP contribution >= 0.6 is 0 Å². The molecule has 0 aliphatic heterocycles. The van der Waals surface area contributed by atoms with Crippen molar-refractivity contribution >= 4 is 0 Å². The number of nitrogens with zero attached hydrogens (tertiary/aromatic N) is 1. The zero-order valence-electron chi connectivity index (χ0n) is 10.9. The van der Waals surface area contributed by atoms with Crippen LogP contribution in [0.5, 0.6) is 0 Å². The second kappa shape index (κ2) is 6.41. The van der Waals surface area contributed by atoms with Crippen molar-refractivity contribution in [3.05, 3.63) is 0 Å². The summed E-state index contributed by atoms with van der Waals surface area (Å²) >= 11 is 0. The zero-order valence-corrected chi connectivity index (χ0v) is 10.9. The van der Waals surface area contributed by atoms with Crippen LogP contribution in [-0.4, -0.2) is 37.6 Å². The monoisotopic (exact) mass is 200 g/mol. The SMILES string of the molecule is CCN(CC)CCC(NC)C(C)(C)C. The minimum atomic E-state index is 0.363. The van der Waals surface area contributed by atoms with Crippen LogP contribution in [0.1, 0.15) is 41.0 Å². The fourth-order valence-electron chi connectivity index (χ4n) is 1.86. The van der Waals surface area contributed by atoms with Gasteiger partial charge in [-0.25, -0.2) is 0 Å². The topological polar surface area (TPSA) is 15.3 Å². The van der Waals surface area contributed by atoms with Gasteiger partial charge in [0, 0.05) is 6.04 Å². The van der Waals surface area contributed by atoms with Crippen molar-refractivity contribution in [1.82, 2.24) is 10.2 Å². The highest BCUT2D eigenvalue weighted by atomic mass is 15.1. The summed E-state index contributed by atoms with van der Waals surface area (Å²) in [6.45, 7) is 14.9. The molecule has 0 aromatic rings. The van der Waals surface area contributed by atoms with Gasteiger partial charge < -0.3 is 10.2 Å². The first-order chi connectivity index (χ1) is 6.45. The molecule has 2 nitrogen and oxygen atoms in total. The third-order valence-electron chi connectivity index (χ3n) is 3.02. The smallest absolute Gasteiger partial charge is 0.0125 e. The van der Waals surface area contributed by atoms with Gasteiger partial charge in [-0.3, -0.25) is 0 Å². The predicted molar refractivity (Wildman–Crippen MR) is 64.7 cm³/mol. The van der Waals surface area contributed by atoms with Crippen LogP contribution in [0.15, 0.2) is 0 Å². The van der Waals surface area contributed by atoms with E-state index in [1.54, 1.807) is 0 Å². The Morgan fingerprint density at radius 2 is 1.64 bits per heavy atom. The van der Waals surface area contributed by atoms with E-state index in [1.165, 1.54) is 13.0 Å². The molecule has 0 amide bonds. The lowest BCUT2D eigenvalue weighted by Gasteiger charge is -2.32. The molecule has 1 atom stereocenters. The maximum Gasteiger partial charge on any atom is 0.0125 e. The minimum absolute atomic E-state index is 0.363. The van der Waals surface area contributed by atoms with E-state index >= 15 is 0 Å². The second-order valence-electron chi connectivity index (χ2n) is 5.02. The molecule has 0 aliphatic carbocycles. The van der Waals surface area contributed by atoms with Crippen LogP contribution in [0.2, 0.25) is 0 Å². The molecule has 2 heteroatoms. The Bertz CT molecular complexity index is 134. The van der Waals surface area contributed by atoms with Crippen molar-refractivity contribution in [2.75, 3.05) is 26.7 Å². The molecule has 0 saturated heterocycles. The van der Waals surface area contributed by atoms with Gasteiger partial charge in [0.15, 0.2) is 0 Å². The quantitative estimate of drug-likeness (QED) is 0.708. The highest BCUT2D eigenvalue weighted by Gasteiger charge is 2.22. The van der Waals surface area contributed by atoms with E-state index in [9.17, 15) is 0 Å². The van der Waals surface area contributed by atoms with Gasteiger partial charge in [0.2, 0.25) is 0 Å². The van der Waals surface area contributed by atoms with Crippen molar-refractivity contribution in [2.24, 2.45) is 5.41 Å².